The van der Waals surface area contributed by atoms with Crippen LogP contribution in [0.25, 0.3) is 0 Å². The lowest BCUT2D eigenvalue weighted by molar-refractivity contribution is -0.174. The van der Waals surface area contributed by atoms with E-state index in [1.807, 2.05) is 5.32 Å². The van der Waals surface area contributed by atoms with E-state index in [1.54, 1.807) is 11.7 Å². The highest BCUT2D eigenvalue weighted by atomic mass is 19.4. The molecule has 1 atom stereocenters. The maximum atomic E-state index is 12.2. The molecule has 7 heteroatoms. The van der Waals surface area contributed by atoms with Crippen molar-refractivity contribution in [3.05, 3.63) is 17.5 Å². The first-order valence-corrected chi connectivity index (χ1v) is 5.28. The molecular weight excluding hydrogens is 235 g/mol. The SMILES string of the molecule is Cn1ncc2c1CCCC2NC(=O)C(F)(F)F. The Morgan fingerprint density at radius 2 is 2.29 bits per heavy atom. The summed E-state index contributed by atoms with van der Waals surface area (Å²) < 4.78 is 38.1. The predicted molar refractivity (Wildman–Crippen MR) is 53.1 cm³/mol. The summed E-state index contributed by atoms with van der Waals surface area (Å²) in [5.41, 5.74) is 1.58. The van der Waals surface area contributed by atoms with E-state index in [2.05, 4.69) is 5.10 Å². The van der Waals surface area contributed by atoms with Crippen LogP contribution in [0.4, 0.5) is 13.2 Å². The van der Waals surface area contributed by atoms with Gasteiger partial charge >= 0.3 is 12.1 Å². The smallest absolute Gasteiger partial charge is 0.341 e. The fourth-order valence-electron chi connectivity index (χ4n) is 2.10. The predicted octanol–water partition coefficient (Wildman–Crippen LogP) is 1.48. The quantitative estimate of drug-likeness (QED) is 0.817. The largest absolute Gasteiger partial charge is 0.471 e. The summed E-state index contributed by atoms with van der Waals surface area (Å²) in [5, 5.41) is 6.01. The molecule has 2 rings (SSSR count). The summed E-state index contributed by atoms with van der Waals surface area (Å²) >= 11 is 0. The van der Waals surface area contributed by atoms with Gasteiger partial charge in [-0.25, -0.2) is 0 Å². The first kappa shape index (κ1) is 11.9. The Morgan fingerprint density at radius 1 is 1.59 bits per heavy atom. The van der Waals surface area contributed by atoms with Crippen molar-refractivity contribution < 1.29 is 18.0 Å². The summed E-state index contributed by atoms with van der Waals surface area (Å²) in [6.45, 7) is 0. The number of fused-ring (bicyclic) bond motifs is 1. The first-order chi connectivity index (χ1) is 7.89. The van der Waals surface area contributed by atoms with Gasteiger partial charge in [-0.05, 0) is 19.3 Å². The minimum Gasteiger partial charge on any atom is -0.341 e. The van der Waals surface area contributed by atoms with Crippen molar-refractivity contribution in [2.24, 2.45) is 7.05 Å². The van der Waals surface area contributed by atoms with Gasteiger partial charge in [0.05, 0.1) is 12.2 Å². The summed E-state index contributed by atoms with van der Waals surface area (Å²) in [6, 6.07) is -0.582. The lowest BCUT2D eigenvalue weighted by atomic mass is 9.93. The third kappa shape index (κ3) is 2.27. The van der Waals surface area contributed by atoms with E-state index in [1.165, 1.54) is 6.20 Å². The number of carbonyl (C=O) groups is 1. The number of hydrogen-bond donors (Lipinski definition) is 1. The van der Waals surface area contributed by atoms with E-state index in [0.29, 0.717) is 12.0 Å². The molecule has 0 aliphatic heterocycles. The minimum atomic E-state index is -4.83. The summed E-state index contributed by atoms with van der Waals surface area (Å²) in [7, 11) is 1.74. The number of nitrogens with one attached hydrogen (secondary N) is 1. The highest BCUT2D eigenvalue weighted by Crippen LogP contribution is 2.30. The van der Waals surface area contributed by atoms with Gasteiger partial charge in [-0.15, -0.1) is 0 Å². The number of amides is 1. The van der Waals surface area contributed by atoms with Crippen LogP contribution >= 0.6 is 0 Å². The van der Waals surface area contributed by atoms with Gasteiger partial charge in [0.15, 0.2) is 0 Å². The second kappa shape index (κ2) is 4.05. The van der Waals surface area contributed by atoms with Gasteiger partial charge in [0.1, 0.15) is 0 Å². The molecule has 0 spiro atoms. The van der Waals surface area contributed by atoms with Crippen LogP contribution in [0.15, 0.2) is 6.20 Å². The second-order valence-corrected chi connectivity index (χ2v) is 4.09. The maximum Gasteiger partial charge on any atom is 0.471 e. The molecule has 94 valence electrons. The standard InChI is InChI=1S/C10H12F3N3O/c1-16-8-4-2-3-7(6(8)5-14-16)15-9(17)10(11,12)13/h5,7H,2-4H2,1H3,(H,15,17). The molecule has 1 amide bonds. The average molecular weight is 247 g/mol. The number of alkyl halides is 3. The highest BCUT2D eigenvalue weighted by Gasteiger charge is 2.40. The number of aromatic nitrogens is 2. The molecule has 1 unspecified atom stereocenters. The first-order valence-electron chi connectivity index (χ1n) is 5.28. The molecule has 0 radical (unpaired) electrons. The van der Waals surface area contributed by atoms with Crippen molar-refractivity contribution in [3.8, 4) is 0 Å². The zero-order chi connectivity index (χ0) is 12.6. The average Bonchev–Trinajstić information content (AvgIpc) is 2.60. The van der Waals surface area contributed by atoms with Crippen LogP contribution in [-0.4, -0.2) is 21.9 Å². The van der Waals surface area contributed by atoms with Crippen LogP contribution < -0.4 is 5.32 Å². The van der Waals surface area contributed by atoms with E-state index >= 15 is 0 Å². The molecule has 1 heterocycles. The lowest BCUT2D eigenvalue weighted by Crippen LogP contribution is -2.40. The van der Waals surface area contributed by atoms with E-state index in [9.17, 15) is 18.0 Å². The molecule has 0 aromatic carbocycles. The summed E-state index contributed by atoms with van der Waals surface area (Å²) in [6.07, 6.45) is -1.27. The Morgan fingerprint density at radius 3 is 2.94 bits per heavy atom. The van der Waals surface area contributed by atoms with Gasteiger partial charge < -0.3 is 5.32 Å². The molecule has 17 heavy (non-hydrogen) atoms. The number of carbonyl (C=O) groups excluding carboxylic acids is 1. The monoisotopic (exact) mass is 247 g/mol. The summed E-state index contributed by atoms with van der Waals surface area (Å²) in [4.78, 5) is 10.9. The topological polar surface area (TPSA) is 46.9 Å². The van der Waals surface area contributed by atoms with Gasteiger partial charge in [-0.1, -0.05) is 0 Å². The lowest BCUT2D eigenvalue weighted by Gasteiger charge is -2.24. The van der Waals surface area contributed by atoms with Crippen molar-refractivity contribution in [1.29, 1.82) is 0 Å². The van der Waals surface area contributed by atoms with Crippen LogP contribution in [0.2, 0.25) is 0 Å². The third-order valence-electron chi connectivity index (χ3n) is 2.94. The molecule has 1 aromatic heterocycles. The van der Waals surface area contributed by atoms with Gasteiger partial charge in [0.25, 0.3) is 0 Å². The molecule has 1 N–H and O–H groups in total. The molecule has 1 aliphatic carbocycles. The number of halogens is 3. The molecular formula is C10H12F3N3O. The second-order valence-electron chi connectivity index (χ2n) is 4.09. The molecule has 1 aliphatic rings. The van der Waals surface area contributed by atoms with Crippen LogP contribution in [0.1, 0.15) is 30.1 Å². The van der Waals surface area contributed by atoms with Crippen molar-refractivity contribution in [3.63, 3.8) is 0 Å². The van der Waals surface area contributed by atoms with Crippen LogP contribution in [0, 0.1) is 0 Å². The Labute approximate surface area is 95.8 Å². The molecule has 0 bridgehead atoms. The minimum absolute atomic E-state index is 0.514. The van der Waals surface area contributed by atoms with E-state index < -0.39 is 18.1 Å². The van der Waals surface area contributed by atoms with E-state index in [4.69, 9.17) is 0 Å². The van der Waals surface area contributed by atoms with Crippen LogP contribution in [-0.2, 0) is 18.3 Å². The molecule has 0 saturated carbocycles. The van der Waals surface area contributed by atoms with E-state index in [-0.39, 0.29) is 0 Å². The van der Waals surface area contributed by atoms with Crippen molar-refractivity contribution in [2.75, 3.05) is 0 Å². The fraction of sp³-hybridized carbons (Fsp3) is 0.600. The Hall–Kier alpha value is -1.53. The van der Waals surface area contributed by atoms with Gasteiger partial charge in [-0.2, -0.15) is 18.3 Å². The van der Waals surface area contributed by atoms with Gasteiger partial charge in [0.2, 0.25) is 0 Å². The Kier molecular flexibility index (Phi) is 2.84. The normalized spacial score (nSPS) is 19.9. The van der Waals surface area contributed by atoms with Gasteiger partial charge in [-0.3, -0.25) is 9.48 Å². The number of hydrogen-bond acceptors (Lipinski definition) is 2. The number of rotatable bonds is 1. The fourth-order valence-corrected chi connectivity index (χ4v) is 2.10. The third-order valence-corrected chi connectivity index (χ3v) is 2.94. The molecule has 0 saturated heterocycles. The zero-order valence-electron chi connectivity index (χ0n) is 9.21. The van der Waals surface area contributed by atoms with Crippen molar-refractivity contribution in [2.45, 2.75) is 31.5 Å². The number of nitrogens with zero attached hydrogens (tertiary/aromatic N) is 2. The molecule has 1 aromatic rings. The van der Waals surface area contributed by atoms with Gasteiger partial charge in [0, 0.05) is 18.3 Å². The molecule has 4 nitrogen and oxygen atoms in total. The highest BCUT2D eigenvalue weighted by molar-refractivity contribution is 5.82. The maximum absolute atomic E-state index is 12.2. The van der Waals surface area contributed by atoms with Crippen LogP contribution in [0.5, 0.6) is 0 Å². The number of aryl methyl sites for hydroxylation is 1. The van der Waals surface area contributed by atoms with Crippen molar-refractivity contribution >= 4 is 5.91 Å². The van der Waals surface area contributed by atoms with Crippen molar-refractivity contribution in [1.82, 2.24) is 15.1 Å². The molecule has 0 fully saturated rings. The summed E-state index contributed by atoms with van der Waals surface area (Å²) in [5.74, 6) is -1.89. The van der Waals surface area contributed by atoms with Crippen LogP contribution in [0.3, 0.4) is 0 Å². The van der Waals surface area contributed by atoms with E-state index in [0.717, 1.165) is 18.5 Å². The Bertz CT molecular complexity index is 438. The zero-order valence-corrected chi connectivity index (χ0v) is 9.21. The Balaban J connectivity index is 2.17.